The van der Waals surface area contributed by atoms with E-state index in [0.717, 1.165) is 5.06 Å². The molecule has 0 spiro atoms. The minimum Gasteiger partial charge on any atom is -0.274 e. The Morgan fingerprint density at radius 1 is 1.82 bits per heavy atom. The molecule has 0 fully saturated rings. The normalized spacial score (nSPS) is 9.71. The number of nitriles is 1. The van der Waals surface area contributed by atoms with E-state index in [1.54, 1.807) is 27.7 Å². The molecule has 1 heterocycles. The standard InChI is InChI=1S/C11H15N4O2/c1-4-5-14-7-10(6-12)15(9-14)8-11(16)13(2)17-3/h4,7,9H,1,5,8H2,2-3H3/q+1. The molecule has 0 atom stereocenters. The first-order valence-corrected chi connectivity index (χ1v) is 5.03. The van der Waals surface area contributed by atoms with Gasteiger partial charge in [0.05, 0.1) is 7.11 Å². The molecular formula is C11H15N4O2+. The van der Waals surface area contributed by atoms with Crippen LogP contribution in [0.25, 0.3) is 0 Å². The third-order valence-electron chi connectivity index (χ3n) is 2.27. The summed E-state index contributed by atoms with van der Waals surface area (Å²) in [5.41, 5.74) is 0.421. The number of hydrogen-bond donors (Lipinski definition) is 0. The van der Waals surface area contributed by atoms with E-state index in [0.29, 0.717) is 12.2 Å². The van der Waals surface area contributed by atoms with Crippen LogP contribution in [0.1, 0.15) is 5.69 Å². The fourth-order valence-electron chi connectivity index (χ4n) is 1.32. The molecule has 1 amide bonds. The number of rotatable bonds is 5. The molecule has 6 heteroatoms. The highest BCUT2D eigenvalue weighted by Crippen LogP contribution is 1.98. The minimum absolute atomic E-state index is 0.0668. The van der Waals surface area contributed by atoms with Crippen LogP contribution in [0.15, 0.2) is 25.2 Å². The Balaban J connectivity index is 2.86. The summed E-state index contributed by atoms with van der Waals surface area (Å²) in [6.07, 6.45) is 5.08. The monoisotopic (exact) mass is 235 g/mol. The highest BCUT2D eigenvalue weighted by Gasteiger charge is 2.18. The fraction of sp³-hybridized carbons (Fsp3) is 0.364. The first-order chi connectivity index (χ1) is 8.12. The van der Waals surface area contributed by atoms with Crippen molar-refractivity contribution in [1.29, 1.82) is 5.26 Å². The lowest BCUT2D eigenvalue weighted by atomic mass is 10.5. The van der Waals surface area contributed by atoms with Gasteiger partial charge in [0.25, 0.3) is 5.91 Å². The molecule has 1 rings (SSSR count). The Kier molecular flexibility index (Phi) is 4.43. The predicted molar refractivity (Wildman–Crippen MR) is 59.3 cm³/mol. The maximum absolute atomic E-state index is 11.6. The quantitative estimate of drug-likeness (QED) is 0.405. The third kappa shape index (κ3) is 3.16. The molecule has 0 aliphatic rings. The van der Waals surface area contributed by atoms with E-state index in [9.17, 15) is 4.79 Å². The van der Waals surface area contributed by atoms with Crippen LogP contribution in [0.5, 0.6) is 0 Å². The largest absolute Gasteiger partial charge is 0.288 e. The number of allylic oxidation sites excluding steroid dienone is 1. The first-order valence-electron chi connectivity index (χ1n) is 5.03. The van der Waals surface area contributed by atoms with E-state index in [4.69, 9.17) is 10.1 Å². The maximum atomic E-state index is 11.6. The summed E-state index contributed by atoms with van der Waals surface area (Å²) in [6, 6.07) is 2.03. The molecule has 1 aromatic heterocycles. The topological polar surface area (TPSA) is 62.1 Å². The van der Waals surface area contributed by atoms with Crippen LogP contribution in [0.2, 0.25) is 0 Å². The number of amides is 1. The summed E-state index contributed by atoms with van der Waals surface area (Å²) in [5.74, 6) is -0.231. The molecule has 0 N–H and O–H groups in total. The van der Waals surface area contributed by atoms with Gasteiger partial charge in [-0.25, -0.2) is 14.2 Å². The second-order valence-corrected chi connectivity index (χ2v) is 3.43. The van der Waals surface area contributed by atoms with E-state index in [2.05, 4.69) is 6.58 Å². The van der Waals surface area contributed by atoms with E-state index in [-0.39, 0.29) is 12.5 Å². The molecule has 0 aromatic carbocycles. The number of nitrogens with zero attached hydrogens (tertiary/aromatic N) is 4. The van der Waals surface area contributed by atoms with Crippen molar-refractivity contribution in [3.63, 3.8) is 0 Å². The van der Waals surface area contributed by atoms with Gasteiger partial charge in [0.1, 0.15) is 18.8 Å². The highest BCUT2D eigenvalue weighted by molar-refractivity contribution is 5.74. The van der Waals surface area contributed by atoms with Gasteiger partial charge in [-0.1, -0.05) is 12.7 Å². The van der Waals surface area contributed by atoms with E-state index in [1.807, 2.05) is 6.07 Å². The molecule has 0 radical (unpaired) electrons. The molecule has 0 aliphatic carbocycles. The van der Waals surface area contributed by atoms with Crippen molar-refractivity contribution in [2.45, 2.75) is 13.1 Å². The summed E-state index contributed by atoms with van der Waals surface area (Å²) >= 11 is 0. The Morgan fingerprint density at radius 2 is 2.53 bits per heavy atom. The summed E-state index contributed by atoms with van der Waals surface area (Å²) < 4.78 is 3.35. The summed E-state index contributed by atoms with van der Waals surface area (Å²) in [5, 5.41) is 10.1. The van der Waals surface area contributed by atoms with Crippen molar-refractivity contribution >= 4 is 5.91 Å². The first kappa shape index (κ1) is 12.9. The smallest absolute Gasteiger partial charge is 0.274 e. The van der Waals surface area contributed by atoms with Crippen molar-refractivity contribution in [3.8, 4) is 6.07 Å². The highest BCUT2D eigenvalue weighted by atomic mass is 16.7. The van der Waals surface area contributed by atoms with Gasteiger partial charge in [0.15, 0.2) is 6.54 Å². The number of hydroxylamine groups is 2. The van der Waals surface area contributed by atoms with Gasteiger partial charge in [-0.15, -0.1) is 0 Å². The van der Waals surface area contributed by atoms with Gasteiger partial charge in [-0.05, 0) is 0 Å². The molecule has 17 heavy (non-hydrogen) atoms. The fourth-order valence-corrected chi connectivity index (χ4v) is 1.32. The third-order valence-corrected chi connectivity index (χ3v) is 2.27. The van der Waals surface area contributed by atoms with Crippen LogP contribution < -0.4 is 4.57 Å². The molecule has 90 valence electrons. The zero-order chi connectivity index (χ0) is 12.8. The minimum atomic E-state index is -0.231. The van der Waals surface area contributed by atoms with E-state index < -0.39 is 0 Å². The van der Waals surface area contributed by atoms with Crippen molar-refractivity contribution < 1.29 is 14.2 Å². The Hall–Kier alpha value is -2.13. The van der Waals surface area contributed by atoms with Gasteiger partial charge >= 0.3 is 0 Å². The van der Waals surface area contributed by atoms with E-state index >= 15 is 0 Å². The Morgan fingerprint density at radius 3 is 3.06 bits per heavy atom. The second-order valence-electron chi connectivity index (χ2n) is 3.43. The SMILES string of the molecule is C=CC[n+]1cc(C#N)n(CC(=O)N(C)OC)c1. The van der Waals surface area contributed by atoms with Crippen LogP contribution in [-0.2, 0) is 22.7 Å². The van der Waals surface area contributed by atoms with Gasteiger partial charge < -0.3 is 0 Å². The number of hydrogen-bond acceptors (Lipinski definition) is 3. The number of carbonyl (C=O) groups is 1. The van der Waals surface area contributed by atoms with Gasteiger partial charge in [-0.3, -0.25) is 9.63 Å². The maximum Gasteiger partial charge on any atom is 0.288 e. The summed E-state index contributed by atoms with van der Waals surface area (Å²) in [4.78, 5) is 16.4. The Labute approximate surface area is 99.9 Å². The van der Waals surface area contributed by atoms with Crippen LogP contribution in [0, 0.1) is 11.3 Å². The molecule has 1 aromatic rings. The average molecular weight is 235 g/mol. The summed E-state index contributed by atoms with van der Waals surface area (Å²) in [6.45, 7) is 4.28. The van der Waals surface area contributed by atoms with Crippen LogP contribution in [0.4, 0.5) is 0 Å². The van der Waals surface area contributed by atoms with Crippen molar-refractivity contribution in [1.82, 2.24) is 9.63 Å². The zero-order valence-corrected chi connectivity index (χ0v) is 9.96. The van der Waals surface area contributed by atoms with Crippen molar-refractivity contribution in [2.24, 2.45) is 0 Å². The zero-order valence-electron chi connectivity index (χ0n) is 9.96. The molecule has 0 unspecified atom stereocenters. The van der Waals surface area contributed by atoms with Crippen molar-refractivity contribution in [3.05, 3.63) is 30.9 Å². The molecule has 0 saturated heterocycles. The summed E-state index contributed by atoms with van der Waals surface area (Å²) in [7, 11) is 2.94. The Bertz CT molecular complexity index is 459. The van der Waals surface area contributed by atoms with Crippen LogP contribution >= 0.6 is 0 Å². The predicted octanol–water partition coefficient (Wildman–Crippen LogP) is -0.147. The molecule has 0 bridgehead atoms. The number of carbonyl (C=O) groups excluding carboxylic acids is 1. The molecular weight excluding hydrogens is 220 g/mol. The number of likely N-dealkylation sites (N-methyl/N-ethyl adjacent to an activating group) is 1. The molecule has 6 nitrogen and oxygen atoms in total. The van der Waals surface area contributed by atoms with Gasteiger partial charge in [-0.2, -0.15) is 5.26 Å². The molecule has 0 aliphatic heterocycles. The van der Waals surface area contributed by atoms with Gasteiger partial charge in [0.2, 0.25) is 12.0 Å². The average Bonchev–Trinajstić information content (AvgIpc) is 2.70. The van der Waals surface area contributed by atoms with Crippen LogP contribution in [0.3, 0.4) is 0 Å². The molecule has 0 saturated carbocycles. The number of imidazole rings is 1. The lowest BCUT2D eigenvalue weighted by molar-refractivity contribution is -0.686. The van der Waals surface area contributed by atoms with Crippen molar-refractivity contribution in [2.75, 3.05) is 14.2 Å². The number of aromatic nitrogens is 2. The van der Waals surface area contributed by atoms with Crippen LogP contribution in [-0.4, -0.2) is 29.7 Å². The van der Waals surface area contributed by atoms with E-state index in [1.165, 1.54) is 14.2 Å². The lowest BCUT2D eigenvalue weighted by Crippen LogP contribution is -2.32. The van der Waals surface area contributed by atoms with Gasteiger partial charge in [0, 0.05) is 7.05 Å². The lowest BCUT2D eigenvalue weighted by Gasteiger charge is -2.11. The second kappa shape index (κ2) is 5.82.